The van der Waals surface area contributed by atoms with Gasteiger partial charge < -0.3 is 15.3 Å². The van der Waals surface area contributed by atoms with E-state index in [1.54, 1.807) is 18.8 Å². The van der Waals surface area contributed by atoms with Crippen molar-refractivity contribution in [2.75, 3.05) is 25.5 Å². The summed E-state index contributed by atoms with van der Waals surface area (Å²) in [7, 11) is 1.66. The number of aliphatic hydroxyl groups is 1. The second kappa shape index (κ2) is 6.99. The maximum absolute atomic E-state index is 11.9. The molecule has 0 heterocycles. The summed E-state index contributed by atoms with van der Waals surface area (Å²) in [5.41, 5.74) is 1.84. The third-order valence-corrected chi connectivity index (χ3v) is 3.75. The fraction of sp³-hybridized carbons (Fsp3) is 0.533. The van der Waals surface area contributed by atoms with Crippen molar-refractivity contribution in [2.24, 2.45) is 0 Å². The van der Waals surface area contributed by atoms with Crippen molar-refractivity contribution in [2.45, 2.75) is 37.3 Å². The Morgan fingerprint density at radius 1 is 1.40 bits per heavy atom. The summed E-state index contributed by atoms with van der Waals surface area (Å²) < 4.78 is 0.165. The van der Waals surface area contributed by atoms with Crippen LogP contribution in [0.5, 0.6) is 0 Å². The largest absolute Gasteiger partial charge is 0.395 e. The molecule has 0 atom stereocenters. The molecule has 0 bridgehead atoms. The van der Waals surface area contributed by atoms with Gasteiger partial charge in [0.1, 0.15) is 0 Å². The molecule has 5 heteroatoms. The number of carbonyl (C=O) groups is 1. The van der Waals surface area contributed by atoms with Crippen molar-refractivity contribution in [1.29, 1.82) is 0 Å². The summed E-state index contributed by atoms with van der Waals surface area (Å²) in [5.74, 6) is 0. The first-order valence-electron chi connectivity index (χ1n) is 6.65. The van der Waals surface area contributed by atoms with Crippen molar-refractivity contribution >= 4 is 23.5 Å². The number of nitrogens with one attached hydrogen (secondary N) is 1. The van der Waals surface area contributed by atoms with E-state index < -0.39 is 0 Å². The predicted molar refractivity (Wildman–Crippen MR) is 85.5 cm³/mol. The first kappa shape index (κ1) is 16.9. The quantitative estimate of drug-likeness (QED) is 0.838. The van der Waals surface area contributed by atoms with Crippen LogP contribution in [0.25, 0.3) is 0 Å². The van der Waals surface area contributed by atoms with Gasteiger partial charge in [-0.2, -0.15) is 0 Å². The van der Waals surface area contributed by atoms with Crippen LogP contribution in [0.15, 0.2) is 23.1 Å². The molecule has 0 aliphatic carbocycles. The van der Waals surface area contributed by atoms with Crippen LogP contribution in [-0.4, -0.2) is 41.0 Å². The molecule has 0 radical (unpaired) electrons. The van der Waals surface area contributed by atoms with Gasteiger partial charge in [-0.3, -0.25) is 0 Å². The van der Waals surface area contributed by atoms with Gasteiger partial charge >= 0.3 is 6.03 Å². The van der Waals surface area contributed by atoms with Gasteiger partial charge in [0.2, 0.25) is 0 Å². The van der Waals surface area contributed by atoms with Crippen LogP contribution in [0.4, 0.5) is 10.5 Å². The molecule has 1 rings (SSSR count). The highest BCUT2D eigenvalue weighted by atomic mass is 32.2. The van der Waals surface area contributed by atoms with Gasteiger partial charge in [0.15, 0.2) is 0 Å². The molecule has 112 valence electrons. The number of urea groups is 1. The number of benzene rings is 1. The molecule has 1 aromatic rings. The van der Waals surface area contributed by atoms with Crippen LogP contribution in [0.1, 0.15) is 26.3 Å². The molecule has 2 amide bonds. The van der Waals surface area contributed by atoms with Crippen molar-refractivity contribution in [3.63, 3.8) is 0 Å². The Morgan fingerprint density at radius 3 is 2.55 bits per heavy atom. The van der Waals surface area contributed by atoms with Gasteiger partial charge in [0.05, 0.1) is 6.61 Å². The number of anilines is 1. The normalized spacial score (nSPS) is 11.3. The van der Waals surface area contributed by atoms with E-state index in [2.05, 4.69) is 32.2 Å². The van der Waals surface area contributed by atoms with E-state index in [1.165, 1.54) is 9.80 Å². The first-order chi connectivity index (χ1) is 9.23. The number of nitrogens with zero attached hydrogens (tertiary/aromatic N) is 1. The van der Waals surface area contributed by atoms with E-state index in [0.29, 0.717) is 6.54 Å². The van der Waals surface area contributed by atoms with Crippen LogP contribution in [0, 0.1) is 6.92 Å². The SMILES string of the molecule is Cc1cc(SC(C)(C)C)ccc1NC(=O)N(C)CCO. The molecule has 0 saturated heterocycles. The summed E-state index contributed by atoms with van der Waals surface area (Å²) in [4.78, 5) is 14.5. The van der Waals surface area contributed by atoms with Crippen molar-refractivity contribution < 1.29 is 9.90 Å². The zero-order chi connectivity index (χ0) is 15.3. The van der Waals surface area contributed by atoms with Crippen molar-refractivity contribution in [1.82, 2.24) is 4.90 Å². The van der Waals surface area contributed by atoms with E-state index in [0.717, 1.165) is 11.3 Å². The zero-order valence-electron chi connectivity index (χ0n) is 12.9. The maximum atomic E-state index is 11.9. The van der Waals surface area contributed by atoms with Crippen LogP contribution in [-0.2, 0) is 0 Å². The molecule has 0 spiro atoms. The van der Waals surface area contributed by atoms with Crippen LogP contribution >= 0.6 is 11.8 Å². The van der Waals surface area contributed by atoms with E-state index in [4.69, 9.17) is 5.11 Å². The summed E-state index contributed by atoms with van der Waals surface area (Å²) in [6.45, 7) is 8.78. The first-order valence-corrected chi connectivity index (χ1v) is 7.47. The molecule has 0 fully saturated rings. The van der Waals surface area contributed by atoms with E-state index >= 15 is 0 Å². The smallest absolute Gasteiger partial charge is 0.321 e. The standard InChI is InChI=1S/C15H24N2O2S/c1-11-10-12(20-15(2,3)4)6-7-13(11)16-14(19)17(5)8-9-18/h6-7,10,18H,8-9H2,1-5H3,(H,16,19). The lowest BCUT2D eigenvalue weighted by molar-refractivity contribution is 0.202. The molecule has 0 unspecified atom stereocenters. The maximum Gasteiger partial charge on any atom is 0.321 e. The highest BCUT2D eigenvalue weighted by Crippen LogP contribution is 2.33. The molecular weight excluding hydrogens is 272 g/mol. The van der Waals surface area contributed by atoms with Crippen LogP contribution < -0.4 is 5.32 Å². The van der Waals surface area contributed by atoms with Crippen molar-refractivity contribution in [3.05, 3.63) is 23.8 Å². The summed E-state index contributed by atoms with van der Waals surface area (Å²) in [5, 5.41) is 11.7. The van der Waals surface area contributed by atoms with Gasteiger partial charge in [-0.25, -0.2) is 4.79 Å². The Morgan fingerprint density at radius 2 is 2.05 bits per heavy atom. The average Bonchev–Trinajstić information content (AvgIpc) is 2.30. The second-order valence-electron chi connectivity index (χ2n) is 5.77. The number of rotatable bonds is 4. The summed E-state index contributed by atoms with van der Waals surface area (Å²) in [6, 6.07) is 5.81. The Kier molecular flexibility index (Phi) is 5.89. The van der Waals surface area contributed by atoms with Gasteiger partial charge in [0.25, 0.3) is 0 Å². The highest BCUT2D eigenvalue weighted by molar-refractivity contribution is 8.00. The van der Waals surface area contributed by atoms with Crippen molar-refractivity contribution in [3.8, 4) is 0 Å². The Bertz CT molecular complexity index is 469. The third kappa shape index (κ3) is 5.43. The molecule has 0 aliphatic heterocycles. The van der Waals surface area contributed by atoms with Crippen LogP contribution in [0.2, 0.25) is 0 Å². The van der Waals surface area contributed by atoms with Gasteiger partial charge in [-0.15, -0.1) is 11.8 Å². The lowest BCUT2D eigenvalue weighted by atomic mass is 10.2. The molecule has 0 saturated carbocycles. The topological polar surface area (TPSA) is 52.6 Å². The minimum absolute atomic E-state index is 0.0376. The Balaban J connectivity index is 2.76. The fourth-order valence-electron chi connectivity index (χ4n) is 1.66. The van der Waals surface area contributed by atoms with Gasteiger partial charge in [-0.05, 0) is 30.7 Å². The molecule has 1 aromatic carbocycles. The fourth-order valence-corrected chi connectivity index (χ4v) is 2.73. The average molecular weight is 296 g/mol. The lowest BCUT2D eigenvalue weighted by Crippen LogP contribution is -2.33. The number of thioether (sulfide) groups is 1. The predicted octanol–water partition coefficient (Wildman–Crippen LogP) is 3.34. The summed E-state index contributed by atoms with van der Waals surface area (Å²) in [6.07, 6.45) is 0. The second-order valence-corrected chi connectivity index (χ2v) is 7.67. The Hall–Kier alpha value is -1.20. The molecule has 0 aliphatic rings. The number of amides is 2. The Labute approximate surface area is 125 Å². The monoisotopic (exact) mass is 296 g/mol. The number of aryl methyl sites for hydroxylation is 1. The van der Waals surface area contributed by atoms with Gasteiger partial charge in [0, 0.05) is 28.9 Å². The molecule has 20 heavy (non-hydrogen) atoms. The van der Waals surface area contributed by atoms with Crippen LogP contribution in [0.3, 0.4) is 0 Å². The number of likely N-dealkylation sites (N-methyl/N-ethyl adjacent to an activating group) is 1. The minimum atomic E-state index is -0.210. The molecular formula is C15H24N2O2S. The highest BCUT2D eigenvalue weighted by Gasteiger charge is 2.14. The van der Waals surface area contributed by atoms with E-state index in [-0.39, 0.29) is 17.4 Å². The zero-order valence-corrected chi connectivity index (χ0v) is 13.7. The van der Waals surface area contributed by atoms with E-state index in [1.807, 2.05) is 19.1 Å². The summed E-state index contributed by atoms with van der Waals surface area (Å²) >= 11 is 1.80. The minimum Gasteiger partial charge on any atom is -0.395 e. The molecule has 4 nitrogen and oxygen atoms in total. The number of hydrogen-bond acceptors (Lipinski definition) is 3. The lowest BCUT2D eigenvalue weighted by Gasteiger charge is -2.20. The molecule has 2 N–H and O–H groups in total. The third-order valence-electron chi connectivity index (χ3n) is 2.65. The number of carbonyl (C=O) groups excluding carboxylic acids is 1. The number of aliphatic hydroxyl groups excluding tert-OH is 1. The van der Waals surface area contributed by atoms with Gasteiger partial charge in [-0.1, -0.05) is 20.8 Å². The number of hydrogen-bond donors (Lipinski definition) is 2. The van der Waals surface area contributed by atoms with E-state index in [9.17, 15) is 4.79 Å². The molecule has 0 aromatic heterocycles.